The normalized spacial score (nSPS) is 10.8. The Morgan fingerprint density at radius 3 is 2.56 bits per heavy atom. The van der Waals surface area contributed by atoms with Gasteiger partial charge >= 0.3 is 0 Å². The van der Waals surface area contributed by atoms with Gasteiger partial charge in [-0.1, -0.05) is 13.8 Å². The molecule has 0 aromatic carbocycles. The SMILES string of the molecule is CCC(CC)N(CCN)c1ccnc(C)c1. The van der Waals surface area contributed by atoms with E-state index < -0.39 is 0 Å². The summed E-state index contributed by atoms with van der Waals surface area (Å²) in [5, 5.41) is 0. The van der Waals surface area contributed by atoms with Crippen molar-refractivity contribution in [3.63, 3.8) is 0 Å². The Morgan fingerprint density at radius 2 is 2.06 bits per heavy atom. The van der Waals surface area contributed by atoms with E-state index >= 15 is 0 Å². The highest BCUT2D eigenvalue weighted by Crippen LogP contribution is 2.20. The Bertz CT molecular complexity index is 308. The fourth-order valence-electron chi connectivity index (χ4n) is 2.10. The second kappa shape index (κ2) is 6.48. The van der Waals surface area contributed by atoms with E-state index in [0.717, 1.165) is 25.1 Å². The molecule has 2 N–H and O–H groups in total. The number of aromatic nitrogens is 1. The van der Waals surface area contributed by atoms with Gasteiger partial charge in [-0.25, -0.2) is 0 Å². The number of rotatable bonds is 6. The van der Waals surface area contributed by atoms with Crippen molar-refractivity contribution in [1.82, 2.24) is 4.98 Å². The molecule has 0 aliphatic heterocycles. The Labute approximate surface area is 98.7 Å². The summed E-state index contributed by atoms with van der Waals surface area (Å²) in [6.07, 6.45) is 4.17. The minimum atomic E-state index is 0.574. The molecule has 3 heteroatoms. The first-order valence-electron chi connectivity index (χ1n) is 6.12. The third kappa shape index (κ3) is 3.20. The molecule has 0 saturated heterocycles. The number of hydrogen-bond donors (Lipinski definition) is 1. The summed E-state index contributed by atoms with van der Waals surface area (Å²) in [5.41, 5.74) is 8.00. The van der Waals surface area contributed by atoms with Crippen LogP contribution in [0.2, 0.25) is 0 Å². The average Bonchev–Trinajstić information content (AvgIpc) is 2.29. The summed E-state index contributed by atoms with van der Waals surface area (Å²) in [6.45, 7) is 8.09. The largest absolute Gasteiger partial charge is 0.367 e. The molecular weight excluding hydrogens is 198 g/mol. The van der Waals surface area contributed by atoms with Crippen molar-refractivity contribution >= 4 is 5.69 Å². The number of pyridine rings is 1. The van der Waals surface area contributed by atoms with Crippen LogP contribution in [0, 0.1) is 6.92 Å². The van der Waals surface area contributed by atoms with E-state index in [9.17, 15) is 0 Å². The third-order valence-corrected chi connectivity index (χ3v) is 2.97. The summed E-state index contributed by atoms with van der Waals surface area (Å²) >= 11 is 0. The lowest BCUT2D eigenvalue weighted by Gasteiger charge is -2.32. The maximum Gasteiger partial charge on any atom is 0.0402 e. The van der Waals surface area contributed by atoms with E-state index in [2.05, 4.69) is 35.9 Å². The number of anilines is 1. The predicted molar refractivity (Wildman–Crippen MR) is 69.7 cm³/mol. The van der Waals surface area contributed by atoms with Crippen molar-refractivity contribution in [2.75, 3.05) is 18.0 Å². The van der Waals surface area contributed by atoms with Gasteiger partial charge in [0.1, 0.15) is 0 Å². The minimum absolute atomic E-state index is 0.574. The summed E-state index contributed by atoms with van der Waals surface area (Å²) in [4.78, 5) is 6.63. The van der Waals surface area contributed by atoms with Gasteiger partial charge in [0.2, 0.25) is 0 Å². The molecule has 0 atom stereocenters. The minimum Gasteiger partial charge on any atom is -0.367 e. The van der Waals surface area contributed by atoms with Crippen LogP contribution in [0.15, 0.2) is 18.3 Å². The summed E-state index contributed by atoms with van der Waals surface area (Å²) < 4.78 is 0. The molecule has 1 rings (SSSR count). The first kappa shape index (κ1) is 13.0. The number of aryl methyl sites for hydroxylation is 1. The maximum atomic E-state index is 5.69. The van der Waals surface area contributed by atoms with Crippen LogP contribution in [0.5, 0.6) is 0 Å². The highest BCUT2D eigenvalue weighted by atomic mass is 15.2. The van der Waals surface area contributed by atoms with Crippen LogP contribution in [0.25, 0.3) is 0 Å². The van der Waals surface area contributed by atoms with Crippen molar-refractivity contribution in [3.8, 4) is 0 Å². The highest BCUT2D eigenvalue weighted by molar-refractivity contribution is 5.47. The molecule has 3 nitrogen and oxygen atoms in total. The maximum absolute atomic E-state index is 5.69. The Morgan fingerprint density at radius 1 is 1.38 bits per heavy atom. The van der Waals surface area contributed by atoms with Crippen molar-refractivity contribution in [3.05, 3.63) is 24.0 Å². The van der Waals surface area contributed by atoms with Gasteiger partial charge < -0.3 is 10.6 Å². The quantitative estimate of drug-likeness (QED) is 0.801. The molecule has 1 heterocycles. The summed E-state index contributed by atoms with van der Waals surface area (Å²) in [6, 6.07) is 4.78. The van der Waals surface area contributed by atoms with E-state index in [4.69, 9.17) is 5.73 Å². The second-order valence-electron chi connectivity index (χ2n) is 4.11. The van der Waals surface area contributed by atoms with E-state index in [1.165, 1.54) is 5.69 Å². The number of nitrogens with two attached hydrogens (primary N) is 1. The molecule has 0 spiro atoms. The third-order valence-electron chi connectivity index (χ3n) is 2.97. The van der Waals surface area contributed by atoms with Gasteiger partial charge in [-0.15, -0.1) is 0 Å². The van der Waals surface area contributed by atoms with E-state index in [-0.39, 0.29) is 0 Å². The first-order valence-corrected chi connectivity index (χ1v) is 6.12. The molecular formula is C13H23N3. The average molecular weight is 221 g/mol. The van der Waals surface area contributed by atoms with Crippen LogP contribution in [0.3, 0.4) is 0 Å². The van der Waals surface area contributed by atoms with Crippen LogP contribution in [0.1, 0.15) is 32.4 Å². The molecule has 0 aliphatic rings. The molecule has 0 amide bonds. The molecule has 1 aromatic heterocycles. The number of hydrogen-bond acceptors (Lipinski definition) is 3. The van der Waals surface area contributed by atoms with Crippen molar-refractivity contribution in [2.45, 2.75) is 39.7 Å². The van der Waals surface area contributed by atoms with Crippen LogP contribution < -0.4 is 10.6 Å². The Balaban J connectivity index is 2.91. The zero-order chi connectivity index (χ0) is 12.0. The molecule has 0 fully saturated rings. The zero-order valence-electron chi connectivity index (χ0n) is 10.6. The first-order chi connectivity index (χ1) is 7.72. The van der Waals surface area contributed by atoms with Crippen molar-refractivity contribution < 1.29 is 0 Å². The molecule has 0 saturated carbocycles. The fourth-order valence-corrected chi connectivity index (χ4v) is 2.10. The van der Waals surface area contributed by atoms with Gasteiger partial charge in [-0.05, 0) is 31.9 Å². The molecule has 0 unspecified atom stereocenters. The van der Waals surface area contributed by atoms with Gasteiger partial charge in [-0.2, -0.15) is 0 Å². The smallest absolute Gasteiger partial charge is 0.0402 e. The fraction of sp³-hybridized carbons (Fsp3) is 0.615. The number of nitrogens with zero attached hydrogens (tertiary/aromatic N) is 2. The van der Waals surface area contributed by atoms with E-state index in [0.29, 0.717) is 12.6 Å². The lowest BCUT2D eigenvalue weighted by molar-refractivity contribution is 0.559. The molecule has 90 valence electrons. The monoisotopic (exact) mass is 221 g/mol. The van der Waals surface area contributed by atoms with Crippen molar-refractivity contribution in [1.29, 1.82) is 0 Å². The summed E-state index contributed by atoms with van der Waals surface area (Å²) in [5.74, 6) is 0. The molecule has 0 bridgehead atoms. The van der Waals surface area contributed by atoms with Crippen LogP contribution in [-0.2, 0) is 0 Å². The topological polar surface area (TPSA) is 42.1 Å². The lowest BCUT2D eigenvalue weighted by Crippen LogP contribution is -2.38. The van der Waals surface area contributed by atoms with Crippen LogP contribution in [0.4, 0.5) is 5.69 Å². The summed E-state index contributed by atoms with van der Waals surface area (Å²) in [7, 11) is 0. The zero-order valence-corrected chi connectivity index (χ0v) is 10.6. The second-order valence-corrected chi connectivity index (χ2v) is 4.11. The van der Waals surface area contributed by atoms with Gasteiger partial charge in [0.25, 0.3) is 0 Å². The van der Waals surface area contributed by atoms with Crippen LogP contribution in [-0.4, -0.2) is 24.1 Å². The van der Waals surface area contributed by atoms with E-state index in [1.807, 2.05) is 13.1 Å². The van der Waals surface area contributed by atoms with Crippen molar-refractivity contribution in [2.24, 2.45) is 5.73 Å². The van der Waals surface area contributed by atoms with Gasteiger partial charge in [0.15, 0.2) is 0 Å². The van der Waals surface area contributed by atoms with E-state index in [1.54, 1.807) is 0 Å². The lowest BCUT2D eigenvalue weighted by atomic mass is 10.1. The van der Waals surface area contributed by atoms with Gasteiger partial charge in [0.05, 0.1) is 0 Å². The Hall–Kier alpha value is -1.09. The molecule has 16 heavy (non-hydrogen) atoms. The predicted octanol–water partition coefficient (Wildman–Crippen LogP) is 2.34. The van der Waals surface area contributed by atoms with Crippen LogP contribution >= 0.6 is 0 Å². The molecule has 1 aromatic rings. The molecule has 0 radical (unpaired) electrons. The van der Waals surface area contributed by atoms with Gasteiger partial charge in [-0.3, -0.25) is 4.98 Å². The highest BCUT2D eigenvalue weighted by Gasteiger charge is 2.14. The standard InChI is InChI=1S/C13H23N3/c1-4-12(5-2)16(9-7-14)13-6-8-15-11(3)10-13/h6,8,10,12H,4-5,7,9,14H2,1-3H3. The Kier molecular flexibility index (Phi) is 5.26. The van der Waals surface area contributed by atoms with Gasteiger partial charge in [0, 0.05) is 36.7 Å². The molecule has 0 aliphatic carbocycles.